The molecule has 2 heterocycles. The van der Waals surface area contributed by atoms with Crippen LogP contribution < -0.4 is 0 Å². The minimum Gasteiger partial charge on any atom is -0.464 e. The van der Waals surface area contributed by atoms with Crippen molar-refractivity contribution >= 4 is 42.6 Å². The first-order valence-corrected chi connectivity index (χ1v) is 10.1. The van der Waals surface area contributed by atoms with E-state index in [4.69, 9.17) is 4.74 Å². The Morgan fingerprint density at radius 2 is 1.88 bits per heavy atom. The maximum Gasteiger partial charge on any atom is 0.357 e. The lowest BCUT2D eigenvalue weighted by Gasteiger charge is -2.12. The predicted molar refractivity (Wildman–Crippen MR) is 101 cm³/mol. The highest BCUT2D eigenvalue weighted by atomic mass is 79.9. The fourth-order valence-electron chi connectivity index (χ4n) is 2.57. The average molecular weight is 435 g/mol. The molecular formula is C18H15BrN2O4S. The molecule has 0 atom stereocenters. The lowest BCUT2D eigenvalue weighted by molar-refractivity contribution is 0.0593. The number of methoxy groups -OCH3 is 1. The molecule has 134 valence electrons. The van der Waals surface area contributed by atoms with Crippen LogP contribution in [0.15, 0.2) is 52.1 Å². The van der Waals surface area contributed by atoms with Gasteiger partial charge in [0.1, 0.15) is 4.60 Å². The van der Waals surface area contributed by atoms with Crippen molar-refractivity contribution in [2.45, 2.75) is 17.6 Å². The molecule has 0 saturated carbocycles. The maximum absolute atomic E-state index is 12.9. The Kier molecular flexibility index (Phi) is 5.06. The molecule has 0 amide bonds. The Bertz CT molecular complexity index is 1100. The Morgan fingerprint density at radius 3 is 2.54 bits per heavy atom. The first-order valence-electron chi connectivity index (χ1n) is 7.64. The molecule has 2 aromatic heterocycles. The molecule has 0 aliphatic carbocycles. The largest absolute Gasteiger partial charge is 0.464 e. The van der Waals surface area contributed by atoms with E-state index in [0.29, 0.717) is 15.5 Å². The monoisotopic (exact) mass is 434 g/mol. The number of benzene rings is 1. The molecule has 0 saturated heterocycles. The molecular weight excluding hydrogens is 420 g/mol. The number of carbonyl (C=O) groups is 1. The standard InChI is InChI=1S/C18H15BrN2O4S/c1-11-5-7-12(8-6-11)26(23,24)10-14-15-13(4-3-9-20-15)17(19)21-16(14)18(22)25-2/h3-9H,10H2,1-2H3. The average Bonchev–Trinajstić information content (AvgIpc) is 2.63. The first kappa shape index (κ1) is 18.5. The number of aryl methyl sites for hydroxylation is 1. The normalized spacial score (nSPS) is 11.5. The van der Waals surface area contributed by atoms with E-state index in [9.17, 15) is 13.2 Å². The Balaban J connectivity index is 2.21. The van der Waals surface area contributed by atoms with Crippen LogP contribution in [0.2, 0.25) is 0 Å². The van der Waals surface area contributed by atoms with Gasteiger partial charge in [0, 0.05) is 17.1 Å². The lowest BCUT2D eigenvalue weighted by Crippen LogP contribution is -2.14. The zero-order chi connectivity index (χ0) is 18.9. The van der Waals surface area contributed by atoms with Gasteiger partial charge in [0.15, 0.2) is 15.5 Å². The second kappa shape index (κ2) is 7.13. The van der Waals surface area contributed by atoms with Gasteiger partial charge in [-0.3, -0.25) is 4.98 Å². The number of fused-ring (bicyclic) bond motifs is 1. The van der Waals surface area contributed by atoms with E-state index in [2.05, 4.69) is 25.9 Å². The van der Waals surface area contributed by atoms with Crippen LogP contribution >= 0.6 is 15.9 Å². The number of rotatable bonds is 4. The number of halogens is 1. The van der Waals surface area contributed by atoms with Gasteiger partial charge in [0.05, 0.1) is 23.3 Å². The summed E-state index contributed by atoms with van der Waals surface area (Å²) in [5.74, 6) is -1.12. The molecule has 8 heteroatoms. The van der Waals surface area contributed by atoms with E-state index >= 15 is 0 Å². The lowest BCUT2D eigenvalue weighted by atomic mass is 10.1. The number of esters is 1. The quantitative estimate of drug-likeness (QED) is 0.461. The van der Waals surface area contributed by atoms with Gasteiger partial charge < -0.3 is 4.74 Å². The van der Waals surface area contributed by atoms with Gasteiger partial charge in [-0.05, 0) is 47.1 Å². The SMILES string of the molecule is COC(=O)c1nc(Br)c2cccnc2c1CS(=O)(=O)c1ccc(C)cc1. The van der Waals surface area contributed by atoms with E-state index in [-0.39, 0.29) is 16.2 Å². The van der Waals surface area contributed by atoms with Crippen molar-refractivity contribution in [3.63, 3.8) is 0 Å². The highest BCUT2D eigenvalue weighted by Crippen LogP contribution is 2.29. The number of nitrogens with zero attached hydrogens (tertiary/aromatic N) is 2. The molecule has 0 unspecified atom stereocenters. The van der Waals surface area contributed by atoms with Gasteiger partial charge >= 0.3 is 5.97 Å². The molecule has 0 N–H and O–H groups in total. The summed E-state index contributed by atoms with van der Waals surface area (Å²) < 4.78 is 30.9. The molecule has 26 heavy (non-hydrogen) atoms. The van der Waals surface area contributed by atoms with Gasteiger partial charge in [0.25, 0.3) is 0 Å². The summed E-state index contributed by atoms with van der Waals surface area (Å²) in [6.07, 6.45) is 1.54. The number of carbonyl (C=O) groups excluding carboxylic acids is 1. The third-order valence-corrected chi connectivity index (χ3v) is 6.17. The maximum atomic E-state index is 12.9. The summed E-state index contributed by atoms with van der Waals surface area (Å²) in [4.78, 5) is 20.8. The summed E-state index contributed by atoms with van der Waals surface area (Å²) in [6.45, 7) is 1.88. The molecule has 3 rings (SSSR count). The zero-order valence-corrected chi connectivity index (χ0v) is 16.5. The number of hydrogen-bond acceptors (Lipinski definition) is 6. The smallest absolute Gasteiger partial charge is 0.357 e. The molecule has 6 nitrogen and oxygen atoms in total. The van der Waals surface area contributed by atoms with Crippen LogP contribution in [-0.2, 0) is 20.3 Å². The van der Waals surface area contributed by atoms with Crippen LogP contribution in [0.1, 0.15) is 21.6 Å². The van der Waals surface area contributed by atoms with Crippen LogP contribution in [0.3, 0.4) is 0 Å². The number of pyridine rings is 2. The van der Waals surface area contributed by atoms with Crippen molar-refractivity contribution in [3.05, 3.63) is 64.0 Å². The van der Waals surface area contributed by atoms with Crippen LogP contribution in [0.4, 0.5) is 0 Å². The highest BCUT2D eigenvalue weighted by molar-refractivity contribution is 9.10. The van der Waals surface area contributed by atoms with Crippen molar-refractivity contribution in [1.29, 1.82) is 0 Å². The Morgan fingerprint density at radius 1 is 1.19 bits per heavy atom. The zero-order valence-electron chi connectivity index (χ0n) is 14.1. The van der Waals surface area contributed by atoms with Crippen molar-refractivity contribution in [2.24, 2.45) is 0 Å². The second-order valence-corrected chi connectivity index (χ2v) is 8.43. The third-order valence-electron chi connectivity index (χ3n) is 3.90. The third kappa shape index (κ3) is 3.47. The Hall–Kier alpha value is -2.32. The van der Waals surface area contributed by atoms with Crippen LogP contribution in [0.5, 0.6) is 0 Å². The molecule has 0 bridgehead atoms. The molecule has 0 fully saturated rings. The summed E-state index contributed by atoms with van der Waals surface area (Å²) >= 11 is 3.30. The first-order chi connectivity index (χ1) is 12.3. The molecule has 0 spiro atoms. The minimum atomic E-state index is -3.70. The number of hydrogen-bond donors (Lipinski definition) is 0. The second-order valence-electron chi connectivity index (χ2n) is 5.69. The van der Waals surface area contributed by atoms with Crippen LogP contribution in [0, 0.1) is 6.92 Å². The number of ether oxygens (including phenoxy) is 1. The molecule has 0 aliphatic rings. The van der Waals surface area contributed by atoms with Gasteiger partial charge in [-0.2, -0.15) is 0 Å². The van der Waals surface area contributed by atoms with Crippen molar-refractivity contribution in [2.75, 3.05) is 7.11 Å². The topological polar surface area (TPSA) is 86.2 Å². The Labute approximate surface area is 159 Å². The van der Waals surface area contributed by atoms with E-state index in [1.807, 2.05) is 6.92 Å². The van der Waals surface area contributed by atoms with E-state index < -0.39 is 21.6 Å². The van der Waals surface area contributed by atoms with Gasteiger partial charge in [-0.1, -0.05) is 17.7 Å². The molecule has 3 aromatic rings. The minimum absolute atomic E-state index is 0.0683. The summed E-state index contributed by atoms with van der Waals surface area (Å²) in [5, 5.41) is 0.620. The molecule has 1 aromatic carbocycles. The van der Waals surface area contributed by atoms with Crippen LogP contribution in [0.25, 0.3) is 10.9 Å². The van der Waals surface area contributed by atoms with E-state index in [0.717, 1.165) is 5.56 Å². The molecule has 0 aliphatic heterocycles. The van der Waals surface area contributed by atoms with Crippen molar-refractivity contribution in [1.82, 2.24) is 9.97 Å². The predicted octanol–water partition coefficient (Wildman–Crippen LogP) is 3.46. The van der Waals surface area contributed by atoms with Gasteiger partial charge in [0.2, 0.25) is 0 Å². The fraction of sp³-hybridized carbons (Fsp3) is 0.167. The van der Waals surface area contributed by atoms with Crippen molar-refractivity contribution < 1.29 is 17.9 Å². The number of aromatic nitrogens is 2. The summed E-state index contributed by atoms with van der Waals surface area (Å²) in [5.41, 5.74) is 1.50. The highest BCUT2D eigenvalue weighted by Gasteiger charge is 2.25. The summed E-state index contributed by atoms with van der Waals surface area (Å²) in [7, 11) is -2.48. The number of sulfone groups is 1. The molecule has 0 radical (unpaired) electrons. The van der Waals surface area contributed by atoms with Gasteiger partial charge in [-0.25, -0.2) is 18.2 Å². The van der Waals surface area contributed by atoms with Crippen LogP contribution in [-0.4, -0.2) is 31.5 Å². The fourth-order valence-corrected chi connectivity index (χ4v) is 4.44. The summed E-state index contributed by atoms with van der Waals surface area (Å²) in [6, 6.07) is 10.0. The van der Waals surface area contributed by atoms with E-state index in [1.165, 1.54) is 13.3 Å². The van der Waals surface area contributed by atoms with Crippen molar-refractivity contribution in [3.8, 4) is 0 Å². The van der Waals surface area contributed by atoms with E-state index in [1.54, 1.807) is 36.4 Å². The van der Waals surface area contributed by atoms with Gasteiger partial charge in [-0.15, -0.1) is 0 Å².